The van der Waals surface area contributed by atoms with Gasteiger partial charge < -0.3 is 0 Å². The molecule has 0 saturated heterocycles. The summed E-state index contributed by atoms with van der Waals surface area (Å²) in [5.74, 6) is 4.06. The zero-order valence-electron chi connectivity index (χ0n) is 8.22. The quantitative estimate of drug-likeness (QED) is 0.499. The topological polar surface area (TPSA) is 0 Å². The van der Waals surface area contributed by atoms with Crippen molar-refractivity contribution in [2.45, 2.75) is 40.5 Å². The summed E-state index contributed by atoms with van der Waals surface area (Å²) in [6.45, 7) is 9.86. The third kappa shape index (κ3) is 0.816. The summed E-state index contributed by atoms with van der Waals surface area (Å²) in [5, 5.41) is 0. The molecule has 64 valence electrons. The normalized spacial score (nSPS) is 53.5. The van der Waals surface area contributed by atoms with Crippen LogP contribution in [0.15, 0.2) is 0 Å². The predicted molar refractivity (Wildman–Crippen MR) is 48.3 cm³/mol. The molecule has 0 heterocycles. The lowest BCUT2D eigenvalue weighted by Crippen LogP contribution is -2.22. The van der Waals surface area contributed by atoms with Crippen LogP contribution in [0.25, 0.3) is 0 Å². The lowest BCUT2D eigenvalue weighted by atomic mass is 9.77. The van der Waals surface area contributed by atoms with E-state index in [0.29, 0.717) is 5.41 Å². The molecule has 2 saturated carbocycles. The van der Waals surface area contributed by atoms with E-state index < -0.39 is 0 Å². The van der Waals surface area contributed by atoms with Crippen molar-refractivity contribution in [3.05, 3.63) is 0 Å². The molecule has 2 aliphatic carbocycles. The Kier molecular flexibility index (Phi) is 1.41. The molecule has 2 fully saturated rings. The summed E-state index contributed by atoms with van der Waals surface area (Å²) in [5.41, 5.74) is 0.666. The van der Waals surface area contributed by atoms with Crippen LogP contribution in [0.4, 0.5) is 0 Å². The molecule has 0 aromatic heterocycles. The van der Waals surface area contributed by atoms with Gasteiger partial charge >= 0.3 is 0 Å². The molecule has 2 aliphatic rings. The molecule has 0 aromatic rings. The Morgan fingerprint density at radius 2 is 1.45 bits per heavy atom. The Bertz CT molecular complexity index is 157. The van der Waals surface area contributed by atoms with Gasteiger partial charge in [-0.25, -0.2) is 0 Å². The number of rotatable bonds is 0. The summed E-state index contributed by atoms with van der Waals surface area (Å²) >= 11 is 0. The third-order valence-electron chi connectivity index (χ3n) is 4.45. The maximum absolute atomic E-state index is 2.48. The van der Waals surface area contributed by atoms with E-state index in [1.165, 1.54) is 12.8 Å². The number of hydrogen-bond acceptors (Lipinski definition) is 0. The van der Waals surface area contributed by atoms with Crippen LogP contribution >= 0.6 is 0 Å². The molecule has 0 spiro atoms. The molecule has 0 heteroatoms. The van der Waals surface area contributed by atoms with E-state index in [9.17, 15) is 0 Å². The molecule has 2 rings (SSSR count). The molecule has 0 radical (unpaired) electrons. The maximum Gasteiger partial charge on any atom is -0.0292 e. The van der Waals surface area contributed by atoms with Gasteiger partial charge in [0.2, 0.25) is 0 Å². The maximum atomic E-state index is 2.48. The number of hydrogen-bond donors (Lipinski definition) is 0. The molecule has 2 atom stereocenters. The Labute approximate surface area is 70.4 Å². The van der Waals surface area contributed by atoms with E-state index in [0.717, 1.165) is 23.7 Å². The molecular weight excluding hydrogens is 132 g/mol. The molecule has 0 nitrogen and oxygen atoms in total. The van der Waals surface area contributed by atoms with Gasteiger partial charge in [-0.05, 0) is 41.9 Å². The van der Waals surface area contributed by atoms with Gasteiger partial charge in [0.25, 0.3) is 0 Å². The van der Waals surface area contributed by atoms with Crippen molar-refractivity contribution in [1.29, 1.82) is 0 Å². The molecule has 11 heavy (non-hydrogen) atoms. The minimum Gasteiger partial charge on any atom is -0.0622 e. The highest BCUT2D eigenvalue weighted by atomic mass is 14.6. The highest BCUT2D eigenvalue weighted by Crippen LogP contribution is 2.62. The van der Waals surface area contributed by atoms with Gasteiger partial charge in [-0.15, -0.1) is 0 Å². The zero-order chi connectivity index (χ0) is 8.22. The SMILES string of the molecule is CC1CC2CC(C)C1C2(C)C. The van der Waals surface area contributed by atoms with E-state index in [1.807, 2.05) is 0 Å². The van der Waals surface area contributed by atoms with Gasteiger partial charge in [-0.1, -0.05) is 27.7 Å². The van der Waals surface area contributed by atoms with Gasteiger partial charge in [0.1, 0.15) is 0 Å². The summed E-state index contributed by atoms with van der Waals surface area (Å²) in [4.78, 5) is 0. The minimum absolute atomic E-state index is 0.666. The fraction of sp³-hybridized carbons (Fsp3) is 1.00. The molecular formula is C11H20. The fourth-order valence-corrected chi connectivity index (χ4v) is 4.19. The minimum atomic E-state index is 0.666. The zero-order valence-corrected chi connectivity index (χ0v) is 8.22. The summed E-state index contributed by atoms with van der Waals surface area (Å²) in [7, 11) is 0. The standard InChI is InChI=1S/C11H20/c1-7-5-9-6-8(2)10(7)11(9,3)4/h7-10H,5-6H2,1-4H3. The van der Waals surface area contributed by atoms with Crippen LogP contribution in [0, 0.1) is 29.1 Å². The first-order valence-electron chi connectivity index (χ1n) is 5.03. The Morgan fingerprint density at radius 3 is 1.64 bits per heavy atom. The van der Waals surface area contributed by atoms with Crippen molar-refractivity contribution in [2.24, 2.45) is 29.1 Å². The Balaban J connectivity index is 2.30. The second kappa shape index (κ2) is 2.02. The highest BCUT2D eigenvalue weighted by Gasteiger charge is 2.54. The summed E-state index contributed by atoms with van der Waals surface area (Å²) in [6, 6.07) is 0. The monoisotopic (exact) mass is 152 g/mol. The van der Waals surface area contributed by atoms with Gasteiger partial charge in [0, 0.05) is 0 Å². The average Bonchev–Trinajstić information content (AvgIpc) is 2.14. The first kappa shape index (κ1) is 7.64. The Hall–Kier alpha value is 0. The molecule has 2 unspecified atom stereocenters. The number of fused-ring (bicyclic) bond motifs is 2. The molecule has 0 aliphatic heterocycles. The van der Waals surface area contributed by atoms with E-state index >= 15 is 0 Å². The molecule has 2 bridgehead atoms. The van der Waals surface area contributed by atoms with E-state index in [1.54, 1.807) is 0 Å². The largest absolute Gasteiger partial charge is 0.0622 e. The average molecular weight is 152 g/mol. The fourth-order valence-electron chi connectivity index (χ4n) is 4.19. The van der Waals surface area contributed by atoms with Crippen LogP contribution in [0.3, 0.4) is 0 Å². The van der Waals surface area contributed by atoms with Crippen molar-refractivity contribution in [3.8, 4) is 0 Å². The van der Waals surface area contributed by atoms with E-state index in [4.69, 9.17) is 0 Å². The van der Waals surface area contributed by atoms with Crippen LogP contribution in [0.1, 0.15) is 40.5 Å². The Morgan fingerprint density at radius 1 is 1.00 bits per heavy atom. The van der Waals surface area contributed by atoms with Gasteiger partial charge in [0.15, 0.2) is 0 Å². The molecule has 0 amide bonds. The van der Waals surface area contributed by atoms with Crippen molar-refractivity contribution in [1.82, 2.24) is 0 Å². The van der Waals surface area contributed by atoms with E-state index in [-0.39, 0.29) is 0 Å². The van der Waals surface area contributed by atoms with Crippen molar-refractivity contribution < 1.29 is 0 Å². The predicted octanol–water partition coefficient (Wildman–Crippen LogP) is 3.32. The first-order chi connectivity index (χ1) is 5.03. The lowest BCUT2D eigenvalue weighted by molar-refractivity contribution is 0.204. The van der Waals surface area contributed by atoms with Crippen LogP contribution in [-0.4, -0.2) is 0 Å². The molecule has 0 N–H and O–H groups in total. The second-order valence-corrected chi connectivity index (χ2v) is 5.47. The highest BCUT2D eigenvalue weighted by molar-refractivity contribution is 5.03. The van der Waals surface area contributed by atoms with Crippen LogP contribution < -0.4 is 0 Å². The summed E-state index contributed by atoms with van der Waals surface area (Å²) in [6.07, 6.45) is 3.00. The van der Waals surface area contributed by atoms with Crippen LogP contribution in [0.5, 0.6) is 0 Å². The van der Waals surface area contributed by atoms with Crippen LogP contribution in [-0.2, 0) is 0 Å². The van der Waals surface area contributed by atoms with Crippen molar-refractivity contribution in [2.75, 3.05) is 0 Å². The van der Waals surface area contributed by atoms with Gasteiger partial charge in [-0.3, -0.25) is 0 Å². The van der Waals surface area contributed by atoms with Crippen LogP contribution in [0.2, 0.25) is 0 Å². The second-order valence-electron chi connectivity index (χ2n) is 5.47. The smallest absolute Gasteiger partial charge is 0.0292 e. The lowest BCUT2D eigenvalue weighted by Gasteiger charge is -2.28. The molecule has 0 aromatic carbocycles. The third-order valence-corrected chi connectivity index (χ3v) is 4.45. The van der Waals surface area contributed by atoms with Gasteiger partial charge in [-0.2, -0.15) is 0 Å². The summed E-state index contributed by atoms with van der Waals surface area (Å²) < 4.78 is 0. The van der Waals surface area contributed by atoms with Gasteiger partial charge in [0.05, 0.1) is 0 Å². The van der Waals surface area contributed by atoms with E-state index in [2.05, 4.69) is 27.7 Å². The van der Waals surface area contributed by atoms with Crippen molar-refractivity contribution in [3.63, 3.8) is 0 Å². The van der Waals surface area contributed by atoms with Crippen molar-refractivity contribution >= 4 is 0 Å². The first-order valence-corrected chi connectivity index (χ1v) is 5.03.